The quantitative estimate of drug-likeness (QED) is 0.743. The Bertz CT molecular complexity index is 1060. The first-order valence-electron chi connectivity index (χ1n) is 8.03. The third kappa shape index (κ3) is 2.37. The largest absolute Gasteiger partial charge is 0.480 e. The van der Waals surface area contributed by atoms with E-state index in [0.717, 1.165) is 12.8 Å². The molecule has 1 unspecified atom stereocenters. The summed E-state index contributed by atoms with van der Waals surface area (Å²) in [5.74, 6) is -1.49. The van der Waals surface area contributed by atoms with Crippen LogP contribution in [0.1, 0.15) is 30.1 Å². The van der Waals surface area contributed by atoms with Crippen molar-refractivity contribution in [2.75, 3.05) is 0 Å². The number of aromatic amines is 1. The Hall–Kier alpha value is -3.16. The fourth-order valence-corrected chi connectivity index (χ4v) is 3.10. The van der Waals surface area contributed by atoms with Crippen molar-refractivity contribution in [3.05, 3.63) is 46.4 Å². The summed E-state index contributed by atoms with van der Waals surface area (Å²) < 4.78 is 1.50. The highest BCUT2D eigenvalue weighted by Gasteiger charge is 2.39. The molecule has 0 spiro atoms. The molecule has 8 nitrogen and oxygen atoms in total. The zero-order valence-corrected chi connectivity index (χ0v) is 13.5. The number of aliphatic carboxylic acids is 1. The number of aromatic nitrogens is 3. The van der Waals surface area contributed by atoms with Gasteiger partial charge in [-0.3, -0.25) is 9.59 Å². The van der Waals surface area contributed by atoms with Crippen LogP contribution in [-0.2, 0) is 4.79 Å². The molecule has 4 rings (SSSR count). The lowest BCUT2D eigenvalue weighted by molar-refractivity contribution is -0.141. The molecule has 0 aliphatic heterocycles. The molecule has 1 saturated carbocycles. The summed E-state index contributed by atoms with van der Waals surface area (Å²) >= 11 is 0. The fraction of sp³-hybridized carbons (Fsp3) is 0.294. The van der Waals surface area contributed by atoms with E-state index in [1.54, 1.807) is 24.3 Å². The minimum Gasteiger partial charge on any atom is -0.480 e. The fourth-order valence-electron chi connectivity index (χ4n) is 3.10. The number of para-hydroxylation sites is 1. The van der Waals surface area contributed by atoms with Gasteiger partial charge in [0.1, 0.15) is 17.3 Å². The first-order chi connectivity index (χ1) is 12.0. The number of nitrogens with one attached hydrogen (secondary N) is 1. The number of rotatable bonds is 4. The van der Waals surface area contributed by atoms with Crippen LogP contribution in [0.5, 0.6) is 0 Å². The monoisotopic (exact) mass is 340 g/mol. The van der Waals surface area contributed by atoms with Gasteiger partial charge in [-0.1, -0.05) is 12.1 Å². The smallest absolute Gasteiger partial charge is 0.326 e. The molecule has 3 aromatic rings. The van der Waals surface area contributed by atoms with Crippen molar-refractivity contribution in [3.8, 4) is 0 Å². The maximum absolute atomic E-state index is 13.0. The predicted molar refractivity (Wildman–Crippen MR) is 89.6 cm³/mol. The van der Waals surface area contributed by atoms with Gasteiger partial charge in [0.15, 0.2) is 0 Å². The predicted octanol–water partition coefficient (Wildman–Crippen LogP) is 1.25. The van der Waals surface area contributed by atoms with Crippen LogP contribution in [0.25, 0.3) is 16.6 Å². The average molecular weight is 340 g/mol. The molecule has 1 fully saturated rings. The Morgan fingerprint density at radius 2 is 2.08 bits per heavy atom. The number of nitrogens with zero attached hydrogens (tertiary/aromatic N) is 3. The number of benzene rings is 1. The lowest BCUT2D eigenvalue weighted by Crippen LogP contribution is -2.44. The number of carbonyl (C=O) groups excluding carboxylic acids is 1. The summed E-state index contributed by atoms with van der Waals surface area (Å²) in [7, 11) is 0. The van der Waals surface area contributed by atoms with Crippen molar-refractivity contribution >= 4 is 28.4 Å². The first kappa shape index (κ1) is 15.4. The molecule has 0 saturated heterocycles. The number of carboxylic acid groups (broad SMARTS) is 1. The molecule has 128 valence electrons. The van der Waals surface area contributed by atoms with Crippen molar-refractivity contribution in [3.63, 3.8) is 0 Å². The van der Waals surface area contributed by atoms with Crippen molar-refractivity contribution in [1.82, 2.24) is 19.5 Å². The Balaban J connectivity index is 1.88. The van der Waals surface area contributed by atoms with E-state index in [-0.39, 0.29) is 22.8 Å². The molecule has 2 aromatic heterocycles. The molecule has 0 bridgehead atoms. The molecule has 1 aliphatic rings. The second kappa shape index (κ2) is 5.44. The molecular formula is C17H16N4O4. The highest BCUT2D eigenvalue weighted by Crippen LogP contribution is 2.31. The maximum Gasteiger partial charge on any atom is 0.326 e. The number of hydrogen-bond donors (Lipinski definition) is 2. The van der Waals surface area contributed by atoms with E-state index in [0.29, 0.717) is 10.9 Å². The third-order valence-corrected chi connectivity index (χ3v) is 4.56. The number of carbonyl (C=O) groups is 2. The van der Waals surface area contributed by atoms with Gasteiger partial charge in [0.2, 0.25) is 0 Å². The number of hydrogen-bond acceptors (Lipinski definition) is 4. The summed E-state index contributed by atoms with van der Waals surface area (Å²) in [5.41, 5.74) is 0.742. The zero-order chi connectivity index (χ0) is 17.7. The molecular weight excluding hydrogens is 324 g/mol. The van der Waals surface area contributed by atoms with Crippen LogP contribution in [0.2, 0.25) is 0 Å². The molecule has 1 aliphatic carbocycles. The van der Waals surface area contributed by atoms with E-state index in [1.165, 1.54) is 22.5 Å². The van der Waals surface area contributed by atoms with Gasteiger partial charge in [0.05, 0.1) is 17.1 Å². The van der Waals surface area contributed by atoms with E-state index in [2.05, 4.69) is 10.1 Å². The van der Waals surface area contributed by atoms with Gasteiger partial charge in [0.25, 0.3) is 11.5 Å². The molecule has 25 heavy (non-hydrogen) atoms. The molecule has 8 heteroatoms. The van der Waals surface area contributed by atoms with Crippen LogP contribution in [-0.4, -0.2) is 48.6 Å². The topological polar surface area (TPSA) is 108 Å². The van der Waals surface area contributed by atoms with Crippen LogP contribution in [0.4, 0.5) is 0 Å². The van der Waals surface area contributed by atoms with Gasteiger partial charge >= 0.3 is 5.97 Å². The van der Waals surface area contributed by atoms with Crippen molar-refractivity contribution in [2.45, 2.75) is 31.8 Å². The van der Waals surface area contributed by atoms with Crippen LogP contribution < -0.4 is 5.56 Å². The lowest BCUT2D eigenvalue weighted by Gasteiger charge is -2.26. The zero-order valence-electron chi connectivity index (χ0n) is 13.5. The SMILES string of the molecule is CC(C(=O)O)N(C(=O)c1cnn2c1[nH]c(=O)c1ccccc12)C1CC1. The normalized spacial score (nSPS) is 15.4. The highest BCUT2D eigenvalue weighted by atomic mass is 16.4. The van der Waals surface area contributed by atoms with E-state index >= 15 is 0 Å². The Morgan fingerprint density at radius 3 is 2.76 bits per heavy atom. The summed E-state index contributed by atoms with van der Waals surface area (Å²) in [6, 6.07) is 5.94. The van der Waals surface area contributed by atoms with Gasteiger partial charge in [-0.15, -0.1) is 0 Å². The van der Waals surface area contributed by atoms with Crippen molar-refractivity contribution in [2.24, 2.45) is 0 Å². The molecule has 0 radical (unpaired) electrons. The number of H-pyrrole nitrogens is 1. The second-order valence-electron chi connectivity index (χ2n) is 6.25. The number of carboxylic acids is 1. The van der Waals surface area contributed by atoms with Crippen molar-refractivity contribution < 1.29 is 14.7 Å². The van der Waals surface area contributed by atoms with Gasteiger partial charge in [0, 0.05) is 6.04 Å². The highest BCUT2D eigenvalue weighted by molar-refractivity contribution is 6.02. The summed E-state index contributed by atoms with van der Waals surface area (Å²) in [6.07, 6.45) is 2.94. The van der Waals surface area contributed by atoms with Gasteiger partial charge < -0.3 is 15.0 Å². The Labute approximate surface area is 141 Å². The number of amides is 1. The van der Waals surface area contributed by atoms with Crippen LogP contribution in [0.3, 0.4) is 0 Å². The Morgan fingerprint density at radius 1 is 1.36 bits per heavy atom. The van der Waals surface area contributed by atoms with Crippen LogP contribution >= 0.6 is 0 Å². The molecule has 1 atom stereocenters. The molecule has 1 aromatic carbocycles. The standard InChI is InChI=1S/C17H16N4O4/c1-9(17(24)25)20(10-6-7-10)16(23)12-8-18-21-13-5-3-2-4-11(13)15(22)19-14(12)21/h2-5,8-10H,6-7H2,1H3,(H,19,22)(H,24,25). The second-order valence-corrected chi connectivity index (χ2v) is 6.25. The van der Waals surface area contributed by atoms with Gasteiger partial charge in [-0.25, -0.2) is 9.31 Å². The van der Waals surface area contributed by atoms with E-state index in [9.17, 15) is 19.5 Å². The summed E-state index contributed by atoms with van der Waals surface area (Å²) in [5, 5.41) is 14.0. The van der Waals surface area contributed by atoms with Gasteiger partial charge in [-0.2, -0.15) is 5.10 Å². The van der Waals surface area contributed by atoms with E-state index in [4.69, 9.17) is 0 Å². The Kier molecular flexibility index (Phi) is 3.34. The van der Waals surface area contributed by atoms with Gasteiger partial charge in [-0.05, 0) is 31.9 Å². The third-order valence-electron chi connectivity index (χ3n) is 4.56. The van der Waals surface area contributed by atoms with Crippen LogP contribution in [0, 0.1) is 0 Å². The molecule has 1 amide bonds. The maximum atomic E-state index is 13.0. The lowest BCUT2D eigenvalue weighted by atomic mass is 10.2. The first-order valence-corrected chi connectivity index (χ1v) is 8.03. The molecule has 2 heterocycles. The van der Waals surface area contributed by atoms with Crippen LogP contribution in [0.15, 0.2) is 35.3 Å². The summed E-state index contributed by atoms with van der Waals surface area (Å²) in [4.78, 5) is 40.7. The average Bonchev–Trinajstić information content (AvgIpc) is 3.33. The van der Waals surface area contributed by atoms with E-state index in [1.807, 2.05) is 0 Å². The minimum atomic E-state index is -1.06. The van der Waals surface area contributed by atoms with Crippen molar-refractivity contribution in [1.29, 1.82) is 0 Å². The number of fused-ring (bicyclic) bond motifs is 3. The summed E-state index contributed by atoms with van der Waals surface area (Å²) in [6.45, 7) is 1.49. The van der Waals surface area contributed by atoms with E-state index < -0.39 is 17.9 Å². The molecule has 2 N–H and O–H groups in total. The minimum absolute atomic E-state index is 0.0827.